The summed E-state index contributed by atoms with van der Waals surface area (Å²) in [6, 6.07) is 0. The zero-order valence-corrected chi connectivity index (χ0v) is 12.7. The maximum Gasteiger partial charge on any atom is 0.214 e. The van der Waals surface area contributed by atoms with Gasteiger partial charge in [-0.3, -0.25) is 0 Å². The lowest BCUT2D eigenvalue weighted by Crippen LogP contribution is -2.41. The first kappa shape index (κ1) is 15.9. The van der Waals surface area contributed by atoms with Gasteiger partial charge in [0.15, 0.2) is 0 Å². The fraction of sp³-hybridized carbons (Fsp3) is 1.00. The Labute approximate surface area is 111 Å². The van der Waals surface area contributed by atoms with Crippen LogP contribution in [0.4, 0.5) is 0 Å². The van der Waals surface area contributed by atoms with Crippen LogP contribution >= 0.6 is 0 Å². The molecule has 18 heavy (non-hydrogen) atoms. The van der Waals surface area contributed by atoms with Crippen LogP contribution in [0.25, 0.3) is 0 Å². The Morgan fingerprint density at radius 2 is 2.00 bits per heavy atom. The number of piperidine rings is 1. The van der Waals surface area contributed by atoms with Gasteiger partial charge in [-0.25, -0.2) is 12.7 Å². The maximum atomic E-state index is 12.2. The third-order valence-corrected chi connectivity index (χ3v) is 5.36. The molecule has 1 fully saturated rings. The second-order valence-corrected chi connectivity index (χ2v) is 8.59. The largest absolute Gasteiger partial charge is 0.396 e. The molecule has 1 N–H and O–H groups in total. The van der Waals surface area contributed by atoms with Crippen LogP contribution in [0, 0.1) is 11.3 Å². The number of nitrogens with zero attached hydrogens (tertiary/aromatic N) is 1. The second-order valence-electron chi connectivity index (χ2n) is 6.51. The standard InChI is InChI=1S/C13H27NO3S/c1-13(2,3)7-10-18(16,17)14-8-4-5-12(11-14)6-9-15/h12,15H,4-11H2,1-3H3. The zero-order chi connectivity index (χ0) is 13.8. The van der Waals surface area contributed by atoms with Crippen LogP contribution in [0.1, 0.15) is 46.5 Å². The Morgan fingerprint density at radius 3 is 2.56 bits per heavy atom. The molecule has 1 aliphatic rings. The molecular weight excluding hydrogens is 250 g/mol. The number of rotatable bonds is 5. The van der Waals surface area contributed by atoms with E-state index in [2.05, 4.69) is 20.8 Å². The first-order valence-electron chi connectivity index (χ1n) is 6.83. The summed E-state index contributed by atoms with van der Waals surface area (Å²) in [7, 11) is -3.12. The van der Waals surface area contributed by atoms with Crippen molar-refractivity contribution in [2.24, 2.45) is 11.3 Å². The molecule has 1 rings (SSSR count). The van der Waals surface area contributed by atoms with Gasteiger partial charge in [-0.2, -0.15) is 0 Å². The fourth-order valence-electron chi connectivity index (χ4n) is 2.26. The highest BCUT2D eigenvalue weighted by Gasteiger charge is 2.29. The summed E-state index contributed by atoms with van der Waals surface area (Å²) >= 11 is 0. The van der Waals surface area contributed by atoms with Gasteiger partial charge in [0.2, 0.25) is 10.0 Å². The van der Waals surface area contributed by atoms with Crippen molar-refractivity contribution in [3.8, 4) is 0 Å². The summed E-state index contributed by atoms with van der Waals surface area (Å²) < 4.78 is 26.1. The Bertz CT molecular complexity index is 344. The van der Waals surface area contributed by atoms with Crippen LogP contribution < -0.4 is 0 Å². The Morgan fingerprint density at radius 1 is 1.33 bits per heavy atom. The molecule has 0 radical (unpaired) electrons. The molecule has 0 aromatic carbocycles. The molecule has 0 amide bonds. The topological polar surface area (TPSA) is 57.6 Å². The average molecular weight is 277 g/mol. The molecule has 1 unspecified atom stereocenters. The highest BCUT2D eigenvalue weighted by Crippen LogP contribution is 2.24. The Balaban J connectivity index is 2.56. The lowest BCUT2D eigenvalue weighted by molar-refractivity contribution is 0.202. The number of sulfonamides is 1. The third kappa shape index (κ3) is 5.24. The quantitative estimate of drug-likeness (QED) is 0.834. The van der Waals surface area contributed by atoms with Crippen molar-refractivity contribution in [2.75, 3.05) is 25.4 Å². The van der Waals surface area contributed by atoms with Gasteiger partial charge in [0, 0.05) is 19.7 Å². The maximum absolute atomic E-state index is 12.2. The molecular formula is C13H27NO3S. The van der Waals surface area contributed by atoms with Crippen molar-refractivity contribution >= 4 is 10.0 Å². The van der Waals surface area contributed by atoms with Crippen molar-refractivity contribution in [1.82, 2.24) is 4.31 Å². The predicted molar refractivity (Wildman–Crippen MR) is 73.9 cm³/mol. The van der Waals surface area contributed by atoms with Crippen molar-refractivity contribution in [3.05, 3.63) is 0 Å². The lowest BCUT2D eigenvalue weighted by atomic mass is 9.94. The van der Waals surface area contributed by atoms with Gasteiger partial charge in [-0.15, -0.1) is 0 Å². The third-order valence-electron chi connectivity index (χ3n) is 3.52. The predicted octanol–water partition coefficient (Wildman–Crippen LogP) is 1.85. The minimum Gasteiger partial charge on any atom is -0.396 e. The van der Waals surface area contributed by atoms with E-state index < -0.39 is 10.0 Å². The molecule has 0 spiro atoms. The molecule has 4 nitrogen and oxygen atoms in total. The normalized spacial score (nSPS) is 23.2. The molecule has 0 aromatic rings. The summed E-state index contributed by atoms with van der Waals surface area (Å²) in [5, 5.41) is 8.95. The molecule has 1 aliphatic heterocycles. The van der Waals surface area contributed by atoms with E-state index in [1.165, 1.54) is 0 Å². The molecule has 0 saturated carbocycles. The van der Waals surface area contributed by atoms with Crippen LogP contribution in [0.15, 0.2) is 0 Å². The van der Waals surface area contributed by atoms with E-state index in [4.69, 9.17) is 5.11 Å². The van der Waals surface area contributed by atoms with Crippen molar-refractivity contribution in [1.29, 1.82) is 0 Å². The first-order valence-corrected chi connectivity index (χ1v) is 8.44. The van der Waals surface area contributed by atoms with Gasteiger partial charge in [-0.1, -0.05) is 20.8 Å². The summed E-state index contributed by atoms with van der Waals surface area (Å²) in [5.74, 6) is 0.565. The van der Waals surface area contributed by atoms with Crippen LogP contribution in [-0.4, -0.2) is 43.3 Å². The van der Waals surface area contributed by atoms with Gasteiger partial charge >= 0.3 is 0 Å². The zero-order valence-electron chi connectivity index (χ0n) is 11.9. The van der Waals surface area contributed by atoms with Crippen LogP contribution in [0.3, 0.4) is 0 Å². The van der Waals surface area contributed by atoms with E-state index in [0.29, 0.717) is 31.8 Å². The van der Waals surface area contributed by atoms with Gasteiger partial charge in [-0.05, 0) is 37.0 Å². The van der Waals surface area contributed by atoms with Gasteiger partial charge < -0.3 is 5.11 Å². The fourth-order valence-corrected chi connectivity index (χ4v) is 4.24. The summed E-state index contributed by atoms with van der Waals surface area (Å²) in [4.78, 5) is 0. The molecule has 1 atom stereocenters. The van der Waals surface area contributed by atoms with Gasteiger partial charge in [0.05, 0.1) is 5.75 Å². The second kappa shape index (κ2) is 6.35. The van der Waals surface area contributed by atoms with E-state index in [-0.39, 0.29) is 17.8 Å². The summed E-state index contributed by atoms with van der Waals surface area (Å²) in [6.45, 7) is 7.58. The van der Waals surface area contributed by atoms with E-state index in [1.54, 1.807) is 4.31 Å². The molecule has 0 aromatic heterocycles. The van der Waals surface area contributed by atoms with Crippen LogP contribution in [0.5, 0.6) is 0 Å². The molecule has 108 valence electrons. The molecule has 0 aliphatic carbocycles. The first-order chi connectivity index (χ1) is 8.24. The van der Waals surface area contributed by atoms with Crippen LogP contribution in [-0.2, 0) is 10.0 Å². The van der Waals surface area contributed by atoms with Gasteiger partial charge in [0.1, 0.15) is 0 Å². The molecule has 1 saturated heterocycles. The minimum atomic E-state index is -3.12. The van der Waals surface area contributed by atoms with Crippen LogP contribution in [0.2, 0.25) is 0 Å². The van der Waals surface area contributed by atoms with E-state index in [0.717, 1.165) is 12.8 Å². The highest BCUT2D eigenvalue weighted by atomic mass is 32.2. The number of aliphatic hydroxyl groups is 1. The van der Waals surface area contributed by atoms with Crippen molar-refractivity contribution < 1.29 is 13.5 Å². The molecule has 0 bridgehead atoms. The van der Waals surface area contributed by atoms with Crippen molar-refractivity contribution in [3.63, 3.8) is 0 Å². The lowest BCUT2D eigenvalue weighted by Gasteiger charge is -2.32. The number of hydrogen-bond donors (Lipinski definition) is 1. The number of hydrogen-bond acceptors (Lipinski definition) is 3. The molecule has 5 heteroatoms. The van der Waals surface area contributed by atoms with E-state index >= 15 is 0 Å². The van der Waals surface area contributed by atoms with Gasteiger partial charge in [0.25, 0.3) is 0 Å². The molecule has 1 heterocycles. The SMILES string of the molecule is CC(C)(C)CCS(=O)(=O)N1CCCC(CCO)C1. The summed E-state index contributed by atoms with van der Waals surface area (Å²) in [5.41, 5.74) is 0.0490. The van der Waals surface area contributed by atoms with E-state index in [9.17, 15) is 8.42 Å². The Hall–Kier alpha value is -0.130. The van der Waals surface area contributed by atoms with E-state index in [1.807, 2.05) is 0 Å². The number of aliphatic hydroxyl groups excluding tert-OH is 1. The highest BCUT2D eigenvalue weighted by molar-refractivity contribution is 7.89. The minimum absolute atomic E-state index is 0.0490. The smallest absolute Gasteiger partial charge is 0.214 e. The average Bonchev–Trinajstić information content (AvgIpc) is 2.27. The Kier molecular flexibility index (Phi) is 5.62. The monoisotopic (exact) mass is 277 g/mol. The van der Waals surface area contributed by atoms with Crippen molar-refractivity contribution in [2.45, 2.75) is 46.5 Å². The summed E-state index contributed by atoms with van der Waals surface area (Å²) in [6.07, 6.45) is 3.35.